The summed E-state index contributed by atoms with van der Waals surface area (Å²) in [6.07, 6.45) is 0. The number of carbonyl (C=O) groups excluding carboxylic acids is 4. The van der Waals surface area contributed by atoms with Crippen LogP contribution in [0.4, 0.5) is 0 Å². The Bertz CT molecular complexity index is 730. The van der Waals surface area contributed by atoms with E-state index in [2.05, 4.69) is 15.4 Å². The summed E-state index contributed by atoms with van der Waals surface area (Å²) in [6, 6.07) is 4.46. The summed E-state index contributed by atoms with van der Waals surface area (Å²) in [5.74, 6) is -1.19. The van der Waals surface area contributed by atoms with Crippen molar-refractivity contribution in [3.8, 4) is 0 Å². The molecule has 140 valence electrons. The van der Waals surface area contributed by atoms with Crippen molar-refractivity contribution >= 4 is 23.6 Å². The van der Waals surface area contributed by atoms with Gasteiger partial charge in [-0.1, -0.05) is 13.8 Å². The largest absolute Gasteiger partial charge is 0.375 e. The fourth-order valence-electron chi connectivity index (χ4n) is 2.63. The average Bonchev–Trinajstić information content (AvgIpc) is 2.83. The van der Waals surface area contributed by atoms with Crippen molar-refractivity contribution in [2.24, 2.45) is 5.92 Å². The molecule has 0 aromatic heterocycles. The molecule has 0 unspecified atom stereocenters. The minimum absolute atomic E-state index is 0.0399. The first-order chi connectivity index (χ1) is 12.3. The molecule has 8 heteroatoms. The topological polar surface area (TPSA) is 105 Å². The highest BCUT2D eigenvalue weighted by Crippen LogP contribution is 2.24. The molecule has 0 saturated heterocycles. The third kappa shape index (κ3) is 4.45. The number of carbonyl (C=O) groups is 4. The van der Waals surface area contributed by atoms with E-state index in [0.717, 1.165) is 0 Å². The number of fused-ring (bicyclic) bond motifs is 1. The van der Waals surface area contributed by atoms with Gasteiger partial charge in [0.25, 0.3) is 17.7 Å². The van der Waals surface area contributed by atoms with E-state index < -0.39 is 0 Å². The van der Waals surface area contributed by atoms with E-state index in [1.54, 1.807) is 0 Å². The predicted molar refractivity (Wildman–Crippen MR) is 93.9 cm³/mol. The lowest BCUT2D eigenvalue weighted by atomic mass is 10.1. The van der Waals surface area contributed by atoms with Gasteiger partial charge < -0.3 is 15.4 Å². The van der Waals surface area contributed by atoms with Gasteiger partial charge in [0.05, 0.1) is 11.1 Å². The zero-order valence-corrected chi connectivity index (χ0v) is 15.1. The molecule has 0 spiro atoms. The lowest BCUT2D eigenvalue weighted by Crippen LogP contribution is -2.36. The molecular formula is C18H23N3O5. The summed E-state index contributed by atoms with van der Waals surface area (Å²) >= 11 is 0. The van der Waals surface area contributed by atoms with Crippen LogP contribution >= 0.6 is 0 Å². The molecule has 1 aromatic rings. The van der Waals surface area contributed by atoms with Gasteiger partial charge in [-0.2, -0.15) is 0 Å². The quantitative estimate of drug-likeness (QED) is 0.516. The molecule has 26 heavy (non-hydrogen) atoms. The van der Waals surface area contributed by atoms with E-state index in [1.165, 1.54) is 30.2 Å². The van der Waals surface area contributed by atoms with Crippen LogP contribution < -0.4 is 10.6 Å². The molecular weight excluding hydrogens is 338 g/mol. The van der Waals surface area contributed by atoms with Gasteiger partial charge in [-0.3, -0.25) is 24.1 Å². The molecule has 2 rings (SSSR count). The smallest absolute Gasteiger partial charge is 0.261 e. The van der Waals surface area contributed by atoms with Crippen molar-refractivity contribution in [3.05, 3.63) is 34.9 Å². The van der Waals surface area contributed by atoms with Gasteiger partial charge >= 0.3 is 0 Å². The van der Waals surface area contributed by atoms with Crippen LogP contribution in [0.1, 0.15) is 44.9 Å². The van der Waals surface area contributed by atoms with E-state index in [1.807, 2.05) is 13.8 Å². The van der Waals surface area contributed by atoms with Gasteiger partial charge in [0.15, 0.2) is 0 Å². The third-order valence-corrected chi connectivity index (χ3v) is 3.79. The number of imide groups is 1. The van der Waals surface area contributed by atoms with Crippen LogP contribution in [0.15, 0.2) is 18.2 Å². The van der Waals surface area contributed by atoms with Crippen molar-refractivity contribution in [1.29, 1.82) is 0 Å². The lowest BCUT2D eigenvalue weighted by Gasteiger charge is -2.15. The van der Waals surface area contributed by atoms with E-state index in [0.29, 0.717) is 17.7 Å². The van der Waals surface area contributed by atoms with Gasteiger partial charge in [0.1, 0.15) is 6.61 Å². The molecule has 0 atom stereocenters. The van der Waals surface area contributed by atoms with Crippen LogP contribution in [0.25, 0.3) is 0 Å². The van der Waals surface area contributed by atoms with Crippen LogP contribution in [0.5, 0.6) is 0 Å². The van der Waals surface area contributed by atoms with Gasteiger partial charge in [-0.25, -0.2) is 0 Å². The second-order valence-electron chi connectivity index (χ2n) is 6.41. The number of hydrogen-bond acceptors (Lipinski definition) is 5. The first-order valence-electron chi connectivity index (χ1n) is 8.39. The Morgan fingerprint density at radius 2 is 1.73 bits per heavy atom. The molecule has 0 aliphatic carbocycles. The Labute approximate surface area is 151 Å². The highest BCUT2D eigenvalue weighted by atomic mass is 16.5. The number of nitrogens with zero attached hydrogens (tertiary/aromatic N) is 1. The maximum Gasteiger partial charge on any atom is 0.261 e. The predicted octanol–water partition coefficient (Wildman–Crippen LogP) is 0.431. The number of amides is 4. The Kier molecular flexibility index (Phi) is 6.46. The van der Waals surface area contributed by atoms with Crippen LogP contribution in [0.3, 0.4) is 0 Å². The standard InChI is InChI=1S/C18H23N3O5/c1-11(2)9-21-17(24)13-5-4-12(8-14(13)18(21)25)16(23)20-7-6-19-15(22)10-26-3/h4-5,8,11H,6-7,9-10H2,1-3H3,(H,19,22)(H,20,23). The number of methoxy groups -OCH3 is 1. The van der Waals surface area contributed by atoms with Crippen molar-refractivity contribution in [2.75, 3.05) is 33.4 Å². The van der Waals surface area contributed by atoms with Gasteiger partial charge in [0, 0.05) is 32.3 Å². The molecule has 8 nitrogen and oxygen atoms in total. The van der Waals surface area contributed by atoms with Gasteiger partial charge in [0.2, 0.25) is 5.91 Å². The highest BCUT2D eigenvalue weighted by molar-refractivity contribution is 6.22. The fourth-order valence-corrected chi connectivity index (χ4v) is 2.63. The zero-order chi connectivity index (χ0) is 19.3. The maximum atomic E-state index is 12.4. The van der Waals surface area contributed by atoms with Crippen molar-refractivity contribution in [2.45, 2.75) is 13.8 Å². The number of benzene rings is 1. The van der Waals surface area contributed by atoms with Crippen LogP contribution in [-0.4, -0.2) is 61.9 Å². The van der Waals surface area contributed by atoms with Crippen molar-refractivity contribution in [1.82, 2.24) is 15.5 Å². The number of ether oxygens (including phenoxy) is 1. The molecule has 1 heterocycles. The SMILES string of the molecule is COCC(=O)NCCNC(=O)c1ccc2c(c1)C(=O)N(CC(C)C)C2=O. The normalized spacial score (nSPS) is 13.2. The highest BCUT2D eigenvalue weighted by Gasteiger charge is 2.36. The first-order valence-corrected chi connectivity index (χ1v) is 8.39. The fraction of sp³-hybridized carbons (Fsp3) is 0.444. The third-order valence-electron chi connectivity index (χ3n) is 3.79. The van der Waals surface area contributed by atoms with E-state index in [4.69, 9.17) is 0 Å². The van der Waals surface area contributed by atoms with Crippen LogP contribution in [0.2, 0.25) is 0 Å². The lowest BCUT2D eigenvalue weighted by molar-refractivity contribution is -0.124. The van der Waals surface area contributed by atoms with E-state index in [-0.39, 0.29) is 54.8 Å². The summed E-state index contributed by atoms with van der Waals surface area (Å²) in [5.41, 5.74) is 0.857. The Hall–Kier alpha value is -2.74. The molecule has 2 N–H and O–H groups in total. The minimum Gasteiger partial charge on any atom is -0.375 e. The second-order valence-corrected chi connectivity index (χ2v) is 6.41. The summed E-state index contributed by atoms with van der Waals surface area (Å²) in [4.78, 5) is 49.4. The summed E-state index contributed by atoms with van der Waals surface area (Å²) in [5, 5.41) is 5.24. The summed E-state index contributed by atoms with van der Waals surface area (Å²) in [6.45, 7) is 4.65. The summed E-state index contributed by atoms with van der Waals surface area (Å²) in [7, 11) is 1.42. The molecule has 1 aromatic carbocycles. The first kappa shape index (κ1) is 19.6. The number of hydrogen-bond donors (Lipinski definition) is 2. The van der Waals surface area contributed by atoms with Crippen LogP contribution in [-0.2, 0) is 9.53 Å². The molecule has 0 bridgehead atoms. The van der Waals surface area contributed by atoms with Gasteiger partial charge in [-0.15, -0.1) is 0 Å². The van der Waals surface area contributed by atoms with E-state index in [9.17, 15) is 19.2 Å². The average molecular weight is 361 g/mol. The minimum atomic E-state index is -0.378. The van der Waals surface area contributed by atoms with Gasteiger partial charge in [-0.05, 0) is 24.1 Å². The number of nitrogens with one attached hydrogen (secondary N) is 2. The van der Waals surface area contributed by atoms with Crippen molar-refractivity contribution in [3.63, 3.8) is 0 Å². The van der Waals surface area contributed by atoms with Crippen LogP contribution in [0, 0.1) is 5.92 Å². The number of rotatable bonds is 8. The summed E-state index contributed by atoms with van der Waals surface area (Å²) < 4.78 is 4.68. The molecule has 1 aliphatic rings. The maximum absolute atomic E-state index is 12.4. The molecule has 1 aliphatic heterocycles. The molecule has 0 radical (unpaired) electrons. The Morgan fingerprint density at radius 3 is 2.38 bits per heavy atom. The molecule has 0 saturated carbocycles. The Balaban J connectivity index is 1.98. The molecule has 4 amide bonds. The zero-order valence-electron chi connectivity index (χ0n) is 15.1. The van der Waals surface area contributed by atoms with Crippen molar-refractivity contribution < 1.29 is 23.9 Å². The van der Waals surface area contributed by atoms with E-state index >= 15 is 0 Å². The monoisotopic (exact) mass is 361 g/mol. The Morgan fingerprint density at radius 1 is 1.08 bits per heavy atom. The second kappa shape index (κ2) is 8.57. The molecule has 0 fully saturated rings.